The van der Waals surface area contributed by atoms with Crippen LogP contribution in [0.4, 0.5) is 0 Å². The van der Waals surface area contributed by atoms with Crippen molar-refractivity contribution in [3.63, 3.8) is 0 Å². The lowest BCUT2D eigenvalue weighted by molar-refractivity contribution is 0.0691. The molecule has 96 valence electrons. The van der Waals surface area contributed by atoms with Gasteiger partial charge in [-0.05, 0) is 18.2 Å². The van der Waals surface area contributed by atoms with E-state index in [2.05, 4.69) is 4.98 Å². The van der Waals surface area contributed by atoms with E-state index in [1.54, 1.807) is 0 Å². The number of nitrogens with one attached hydrogen (secondary N) is 1. The predicted octanol–water partition coefficient (Wildman–Crippen LogP) is 1.80. The van der Waals surface area contributed by atoms with E-state index < -0.39 is 15.0 Å². The van der Waals surface area contributed by atoms with Crippen LogP contribution in [0.3, 0.4) is 0 Å². The van der Waals surface area contributed by atoms with Crippen LogP contribution in [0, 0.1) is 0 Å². The molecule has 0 aliphatic rings. The minimum atomic E-state index is -3.97. The highest BCUT2D eigenvalue weighted by Gasteiger charge is 2.19. The molecule has 18 heavy (non-hydrogen) atoms. The molecule has 0 bridgehead atoms. The lowest BCUT2D eigenvalue weighted by Crippen LogP contribution is -1.96. The first-order chi connectivity index (χ1) is 8.32. The molecular weight excluding hydrogens is 282 g/mol. The Kier molecular flexibility index (Phi) is 2.95. The molecule has 0 aliphatic heterocycles. The van der Waals surface area contributed by atoms with Crippen molar-refractivity contribution in [2.45, 2.75) is 4.90 Å². The summed E-state index contributed by atoms with van der Waals surface area (Å²) < 4.78 is 27.6. The highest BCUT2D eigenvalue weighted by atomic mass is 35.7. The molecule has 0 saturated carbocycles. The molecule has 1 aromatic carbocycles. The van der Waals surface area contributed by atoms with Crippen molar-refractivity contribution in [1.82, 2.24) is 4.98 Å². The van der Waals surface area contributed by atoms with Crippen LogP contribution in [0.1, 0.15) is 10.5 Å². The molecule has 2 aromatic rings. The summed E-state index contributed by atoms with van der Waals surface area (Å²) in [6.07, 6.45) is 0. The molecule has 0 spiro atoms. The zero-order chi connectivity index (χ0) is 13.5. The Morgan fingerprint density at radius 3 is 2.56 bits per heavy atom. The van der Waals surface area contributed by atoms with Gasteiger partial charge in [-0.3, -0.25) is 0 Å². The number of carboxylic acids is 1. The molecule has 0 amide bonds. The van der Waals surface area contributed by atoms with Crippen molar-refractivity contribution in [3.8, 4) is 5.75 Å². The van der Waals surface area contributed by atoms with Crippen molar-refractivity contribution < 1.29 is 23.1 Å². The van der Waals surface area contributed by atoms with Gasteiger partial charge in [0.15, 0.2) is 0 Å². The number of ether oxygens (including phenoxy) is 1. The normalized spacial score (nSPS) is 11.7. The minimum Gasteiger partial charge on any atom is -0.495 e. The second-order valence-corrected chi connectivity index (χ2v) is 6.05. The predicted molar refractivity (Wildman–Crippen MR) is 64.8 cm³/mol. The topological polar surface area (TPSA) is 96.5 Å². The van der Waals surface area contributed by atoms with Gasteiger partial charge in [-0.25, -0.2) is 13.2 Å². The Morgan fingerprint density at radius 1 is 1.39 bits per heavy atom. The maximum Gasteiger partial charge on any atom is 0.352 e. The van der Waals surface area contributed by atoms with E-state index in [9.17, 15) is 13.2 Å². The molecule has 0 aliphatic carbocycles. The van der Waals surface area contributed by atoms with Gasteiger partial charge in [0.05, 0.1) is 7.11 Å². The van der Waals surface area contributed by atoms with Gasteiger partial charge >= 0.3 is 5.97 Å². The zero-order valence-corrected chi connectivity index (χ0v) is 10.7. The fourth-order valence-electron chi connectivity index (χ4n) is 1.61. The number of hydrogen-bond donors (Lipinski definition) is 2. The molecular formula is C10H8ClNO5S. The lowest BCUT2D eigenvalue weighted by atomic mass is 10.2. The van der Waals surface area contributed by atoms with Gasteiger partial charge in [-0.15, -0.1) is 0 Å². The van der Waals surface area contributed by atoms with Crippen LogP contribution in [0.15, 0.2) is 23.1 Å². The van der Waals surface area contributed by atoms with E-state index in [1.807, 2.05) is 0 Å². The Hall–Kier alpha value is -1.73. The first-order valence-electron chi connectivity index (χ1n) is 4.71. The summed E-state index contributed by atoms with van der Waals surface area (Å²) in [6.45, 7) is 0. The van der Waals surface area contributed by atoms with E-state index >= 15 is 0 Å². The van der Waals surface area contributed by atoms with Crippen LogP contribution in [-0.4, -0.2) is 31.6 Å². The fourth-order valence-corrected chi connectivity index (χ4v) is 2.61. The lowest BCUT2D eigenvalue weighted by Gasteiger charge is -2.05. The highest BCUT2D eigenvalue weighted by molar-refractivity contribution is 8.13. The number of halogens is 1. The number of carboxylic acid groups (broad SMARTS) is 1. The SMILES string of the molecule is COc1cc2cc(C(=O)O)[nH]c2cc1S(=O)(=O)Cl. The van der Waals surface area contributed by atoms with Crippen molar-refractivity contribution in [1.29, 1.82) is 0 Å². The largest absolute Gasteiger partial charge is 0.495 e. The van der Waals surface area contributed by atoms with Gasteiger partial charge in [0, 0.05) is 21.6 Å². The summed E-state index contributed by atoms with van der Waals surface area (Å²) in [5, 5.41) is 9.36. The Balaban J connectivity index is 2.77. The third-order valence-corrected chi connectivity index (χ3v) is 3.74. The van der Waals surface area contributed by atoms with E-state index in [1.165, 1.54) is 25.3 Å². The Bertz CT molecular complexity index is 734. The van der Waals surface area contributed by atoms with Crippen LogP contribution < -0.4 is 4.74 Å². The average molecular weight is 290 g/mol. The smallest absolute Gasteiger partial charge is 0.352 e. The molecule has 6 nitrogen and oxygen atoms in total. The summed E-state index contributed by atoms with van der Waals surface area (Å²) in [7, 11) is 2.61. The molecule has 0 saturated heterocycles. The van der Waals surface area contributed by atoms with Gasteiger partial charge in [-0.1, -0.05) is 0 Å². The fraction of sp³-hybridized carbons (Fsp3) is 0.100. The highest BCUT2D eigenvalue weighted by Crippen LogP contribution is 2.31. The van der Waals surface area contributed by atoms with Gasteiger partial charge in [0.25, 0.3) is 9.05 Å². The summed E-state index contributed by atoms with van der Waals surface area (Å²) in [4.78, 5) is 13.2. The first-order valence-corrected chi connectivity index (χ1v) is 7.02. The quantitative estimate of drug-likeness (QED) is 0.840. The summed E-state index contributed by atoms with van der Waals surface area (Å²) in [5.74, 6) is -1.08. The summed E-state index contributed by atoms with van der Waals surface area (Å²) in [5.41, 5.74) is 0.309. The molecule has 8 heteroatoms. The second kappa shape index (κ2) is 4.18. The van der Waals surface area contributed by atoms with Crippen molar-refractivity contribution in [3.05, 3.63) is 23.9 Å². The van der Waals surface area contributed by atoms with Crippen LogP contribution in [0.2, 0.25) is 0 Å². The number of hydrogen-bond acceptors (Lipinski definition) is 4. The molecule has 0 radical (unpaired) electrons. The maximum atomic E-state index is 11.4. The van der Waals surface area contributed by atoms with Crippen LogP contribution in [0.25, 0.3) is 10.9 Å². The molecule has 1 aromatic heterocycles. The molecule has 0 fully saturated rings. The minimum absolute atomic E-state index is 0.0452. The van der Waals surface area contributed by atoms with Gasteiger partial charge in [0.2, 0.25) is 0 Å². The third-order valence-electron chi connectivity index (χ3n) is 2.40. The van der Waals surface area contributed by atoms with E-state index in [0.29, 0.717) is 10.9 Å². The number of carbonyl (C=O) groups is 1. The van der Waals surface area contributed by atoms with Crippen molar-refractivity contribution >= 4 is 36.6 Å². The summed E-state index contributed by atoms with van der Waals surface area (Å²) in [6, 6.07) is 4.03. The molecule has 0 unspecified atom stereocenters. The van der Waals surface area contributed by atoms with E-state index in [4.69, 9.17) is 20.5 Å². The number of rotatable bonds is 3. The zero-order valence-electron chi connectivity index (χ0n) is 9.10. The van der Waals surface area contributed by atoms with Crippen molar-refractivity contribution in [2.75, 3.05) is 7.11 Å². The first kappa shape index (κ1) is 12.7. The monoisotopic (exact) mass is 289 g/mol. The number of benzene rings is 1. The Labute approximate surface area is 107 Å². The second-order valence-electron chi connectivity index (χ2n) is 3.52. The van der Waals surface area contributed by atoms with Crippen molar-refractivity contribution in [2.24, 2.45) is 0 Å². The number of H-pyrrole nitrogens is 1. The third kappa shape index (κ3) is 2.14. The number of methoxy groups -OCH3 is 1. The van der Waals surface area contributed by atoms with Gasteiger partial charge < -0.3 is 14.8 Å². The molecule has 2 rings (SSSR count). The van der Waals surface area contributed by atoms with E-state index in [0.717, 1.165) is 0 Å². The van der Waals surface area contributed by atoms with E-state index in [-0.39, 0.29) is 16.3 Å². The number of aromatic carboxylic acids is 1. The van der Waals surface area contributed by atoms with Crippen LogP contribution >= 0.6 is 10.7 Å². The molecule has 1 heterocycles. The number of aromatic nitrogens is 1. The maximum absolute atomic E-state index is 11.4. The van der Waals surface area contributed by atoms with Gasteiger partial charge in [0.1, 0.15) is 16.3 Å². The van der Waals surface area contributed by atoms with Crippen LogP contribution in [0.5, 0.6) is 5.75 Å². The van der Waals surface area contributed by atoms with Crippen LogP contribution in [-0.2, 0) is 9.05 Å². The Morgan fingerprint density at radius 2 is 2.06 bits per heavy atom. The number of fused-ring (bicyclic) bond motifs is 1. The average Bonchev–Trinajstić information content (AvgIpc) is 2.68. The van der Waals surface area contributed by atoms with Gasteiger partial charge in [-0.2, -0.15) is 0 Å². The standard InChI is InChI=1S/C10H8ClNO5S/c1-17-8-3-5-2-7(10(13)14)12-6(5)4-9(8)18(11,15)16/h2-4,12H,1H3,(H,13,14). The molecule has 2 N–H and O–H groups in total. The number of aromatic amines is 1. The summed E-state index contributed by atoms with van der Waals surface area (Å²) >= 11 is 0. The molecule has 0 atom stereocenters.